The lowest BCUT2D eigenvalue weighted by molar-refractivity contribution is -0.145. The summed E-state index contributed by atoms with van der Waals surface area (Å²) in [6.07, 6.45) is 3.55. The second-order valence-electron chi connectivity index (χ2n) is 9.62. The molecule has 2 unspecified atom stereocenters. The van der Waals surface area contributed by atoms with Crippen LogP contribution in [0.1, 0.15) is 50.7 Å². The lowest BCUT2D eigenvalue weighted by Gasteiger charge is -2.30. The van der Waals surface area contributed by atoms with Crippen LogP contribution in [0.15, 0.2) is 48.5 Å². The second kappa shape index (κ2) is 15.9. The Morgan fingerprint density at radius 1 is 1.11 bits per heavy atom. The number of carbonyl (C=O) groups is 1. The summed E-state index contributed by atoms with van der Waals surface area (Å²) in [5.41, 5.74) is 7.52. The number of carbonyl (C=O) groups excluding carboxylic acids is 1. The first-order valence-corrected chi connectivity index (χ1v) is 14.8. The third kappa shape index (κ3) is 11.1. The molecular formula is C28H43N2O7P. The average Bonchev–Trinajstić information content (AvgIpc) is 2.93. The molecule has 0 aliphatic heterocycles. The van der Waals surface area contributed by atoms with E-state index in [0.29, 0.717) is 30.9 Å². The molecule has 0 saturated heterocycles. The van der Waals surface area contributed by atoms with E-state index in [2.05, 4.69) is 12.2 Å². The Kier molecular flexibility index (Phi) is 13.3. The molecule has 9 nitrogen and oxygen atoms in total. The lowest BCUT2D eigenvalue weighted by Crippen LogP contribution is -2.48. The molecule has 10 heteroatoms. The Morgan fingerprint density at radius 2 is 1.76 bits per heavy atom. The molecule has 0 spiro atoms. The summed E-state index contributed by atoms with van der Waals surface area (Å²) in [6, 6.07) is 13.9. The molecule has 38 heavy (non-hydrogen) atoms. The fraction of sp³-hybridized carbons (Fsp3) is 0.536. The summed E-state index contributed by atoms with van der Waals surface area (Å²) >= 11 is 0. The van der Waals surface area contributed by atoms with Crippen LogP contribution in [0, 0.1) is 6.92 Å². The molecule has 0 fully saturated rings. The van der Waals surface area contributed by atoms with Crippen molar-refractivity contribution < 1.29 is 33.0 Å². The Morgan fingerprint density at radius 3 is 2.37 bits per heavy atom. The van der Waals surface area contributed by atoms with Crippen molar-refractivity contribution in [3.8, 4) is 11.5 Å². The first kappa shape index (κ1) is 31.8. The van der Waals surface area contributed by atoms with Crippen molar-refractivity contribution in [3.05, 3.63) is 59.7 Å². The minimum absolute atomic E-state index is 0.208. The van der Waals surface area contributed by atoms with E-state index in [0.717, 1.165) is 30.4 Å². The van der Waals surface area contributed by atoms with Crippen LogP contribution in [0.2, 0.25) is 0 Å². The predicted molar refractivity (Wildman–Crippen MR) is 149 cm³/mol. The summed E-state index contributed by atoms with van der Waals surface area (Å²) in [6.45, 7) is 5.47. The molecule has 0 aromatic heterocycles. The second-order valence-corrected chi connectivity index (χ2v) is 11.6. The molecule has 2 aromatic rings. The van der Waals surface area contributed by atoms with Crippen LogP contribution in [0.4, 0.5) is 0 Å². The van der Waals surface area contributed by atoms with Crippen molar-refractivity contribution in [1.82, 2.24) is 5.32 Å². The van der Waals surface area contributed by atoms with Gasteiger partial charge in [-0.3, -0.25) is 14.6 Å². The van der Waals surface area contributed by atoms with Gasteiger partial charge in [0.1, 0.15) is 23.8 Å². The van der Waals surface area contributed by atoms with E-state index in [1.54, 1.807) is 38.3 Å². The van der Waals surface area contributed by atoms with E-state index in [9.17, 15) is 14.5 Å². The third-order valence-electron chi connectivity index (χ3n) is 6.14. The van der Waals surface area contributed by atoms with Crippen LogP contribution in [-0.2, 0) is 25.0 Å². The van der Waals surface area contributed by atoms with Crippen molar-refractivity contribution in [2.45, 2.75) is 64.5 Å². The maximum atomic E-state index is 13.8. The summed E-state index contributed by atoms with van der Waals surface area (Å²) in [5, 5.41) is 12.9. The monoisotopic (exact) mass is 550 g/mol. The fourth-order valence-corrected chi connectivity index (χ4v) is 5.06. The Balaban J connectivity index is 2.07. The maximum Gasteiger partial charge on any atom is 0.392 e. The van der Waals surface area contributed by atoms with Crippen LogP contribution < -0.4 is 20.3 Å². The summed E-state index contributed by atoms with van der Waals surface area (Å²) in [7, 11) is -2.31. The number of aryl methyl sites for hydroxylation is 2. The number of aliphatic hydroxyl groups excluding tert-OH is 1. The highest BCUT2D eigenvalue weighted by Crippen LogP contribution is 2.48. The van der Waals surface area contributed by atoms with Crippen LogP contribution in [0.3, 0.4) is 0 Å². The molecule has 0 amide bonds. The predicted octanol–water partition coefficient (Wildman–Crippen LogP) is 4.58. The quantitative estimate of drug-likeness (QED) is 0.139. The number of nitrogens with one attached hydrogen (secondary N) is 1. The summed E-state index contributed by atoms with van der Waals surface area (Å²) in [5.74, 6) is 0.471. The summed E-state index contributed by atoms with van der Waals surface area (Å²) in [4.78, 5) is 12.3. The number of methoxy groups -OCH3 is 1. The SMILES string of the molecule is CCCCCOC(=O)[C@H](C)NCP(=O)(OCC(N)(CO)CCc1ccc(C)cc1)Oc1ccc(OC)cc1. The lowest BCUT2D eigenvalue weighted by atomic mass is 9.94. The van der Waals surface area contributed by atoms with Gasteiger partial charge in [0.05, 0.1) is 32.5 Å². The minimum atomic E-state index is -3.86. The molecular weight excluding hydrogens is 507 g/mol. The Bertz CT molecular complexity index is 1020. The highest BCUT2D eigenvalue weighted by atomic mass is 31.2. The van der Waals surface area contributed by atoms with E-state index in [1.165, 1.54) is 0 Å². The topological polar surface area (TPSA) is 129 Å². The van der Waals surface area contributed by atoms with Gasteiger partial charge in [0.15, 0.2) is 0 Å². The van der Waals surface area contributed by atoms with Gasteiger partial charge in [-0.05, 0) is 62.9 Å². The van der Waals surface area contributed by atoms with Gasteiger partial charge in [0.2, 0.25) is 0 Å². The van der Waals surface area contributed by atoms with Crippen molar-refractivity contribution in [3.63, 3.8) is 0 Å². The largest absolute Gasteiger partial charge is 0.497 e. The molecule has 0 saturated carbocycles. The zero-order chi connectivity index (χ0) is 28.0. The van der Waals surface area contributed by atoms with Gasteiger partial charge in [-0.2, -0.15) is 0 Å². The molecule has 2 aromatic carbocycles. The molecule has 0 radical (unpaired) electrons. The highest BCUT2D eigenvalue weighted by Gasteiger charge is 2.34. The first-order chi connectivity index (χ1) is 18.1. The van der Waals surface area contributed by atoms with Crippen molar-refractivity contribution in [2.75, 3.05) is 33.2 Å². The van der Waals surface area contributed by atoms with Gasteiger partial charge in [0.25, 0.3) is 0 Å². The number of hydrogen-bond acceptors (Lipinski definition) is 9. The zero-order valence-electron chi connectivity index (χ0n) is 23.0. The number of benzene rings is 2. The zero-order valence-corrected chi connectivity index (χ0v) is 23.9. The molecule has 0 aliphatic rings. The van der Waals surface area contributed by atoms with Crippen LogP contribution in [0.5, 0.6) is 11.5 Å². The van der Waals surface area contributed by atoms with Crippen LogP contribution in [0.25, 0.3) is 0 Å². The van der Waals surface area contributed by atoms with Crippen LogP contribution >= 0.6 is 7.60 Å². The standard InChI is InChI=1S/C28H43N2O7P/c1-5-6-7-18-35-27(32)23(3)30-21-38(33,37-26-14-12-25(34-4)13-15-26)36-20-28(29,19-31)17-16-24-10-8-22(2)9-11-24/h8-15,23,30-31H,5-7,16-21,29H2,1-4H3/t23-,28?,38?/m0/s1. The number of nitrogens with two attached hydrogens (primary N) is 1. The highest BCUT2D eigenvalue weighted by molar-refractivity contribution is 7.54. The number of ether oxygens (including phenoxy) is 2. The molecule has 3 atom stereocenters. The first-order valence-electron chi connectivity index (χ1n) is 13.0. The molecule has 212 valence electrons. The summed E-state index contributed by atoms with van der Waals surface area (Å²) < 4.78 is 35.8. The number of aliphatic hydroxyl groups is 1. The number of unbranched alkanes of at least 4 members (excludes halogenated alkanes) is 2. The van der Waals surface area contributed by atoms with E-state index < -0.39 is 25.1 Å². The van der Waals surface area contributed by atoms with Gasteiger partial charge in [-0.25, -0.2) is 4.57 Å². The van der Waals surface area contributed by atoms with Gasteiger partial charge in [-0.15, -0.1) is 0 Å². The maximum absolute atomic E-state index is 13.8. The van der Waals surface area contributed by atoms with Crippen molar-refractivity contribution >= 4 is 13.6 Å². The van der Waals surface area contributed by atoms with Crippen molar-refractivity contribution in [1.29, 1.82) is 0 Å². The Hall–Kier alpha value is -2.42. The Labute approximate surface area is 226 Å². The van der Waals surface area contributed by atoms with Gasteiger partial charge >= 0.3 is 13.6 Å². The molecule has 0 bridgehead atoms. The van der Waals surface area contributed by atoms with Crippen LogP contribution in [-0.4, -0.2) is 55.9 Å². The van der Waals surface area contributed by atoms with E-state index in [1.807, 2.05) is 31.2 Å². The molecule has 0 heterocycles. The third-order valence-corrected chi connectivity index (χ3v) is 7.72. The number of rotatable bonds is 18. The van der Waals surface area contributed by atoms with Gasteiger partial charge in [-0.1, -0.05) is 49.6 Å². The normalized spacial score (nSPS) is 15.2. The van der Waals surface area contributed by atoms with E-state index >= 15 is 0 Å². The smallest absolute Gasteiger partial charge is 0.392 e. The van der Waals surface area contributed by atoms with Gasteiger partial charge in [0, 0.05) is 0 Å². The van der Waals surface area contributed by atoms with E-state index in [-0.39, 0.29) is 19.5 Å². The van der Waals surface area contributed by atoms with Crippen molar-refractivity contribution in [2.24, 2.45) is 5.73 Å². The molecule has 2 rings (SSSR count). The number of esters is 1. The van der Waals surface area contributed by atoms with E-state index in [4.69, 9.17) is 24.3 Å². The average molecular weight is 551 g/mol. The minimum Gasteiger partial charge on any atom is -0.497 e. The number of hydrogen-bond donors (Lipinski definition) is 3. The fourth-order valence-electron chi connectivity index (χ4n) is 3.46. The van der Waals surface area contributed by atoms with Gasteiger partial charge < -0.3 is 24.8 Å². The molecule has 4 N–H and O–H groups in total. The molecule has 0 aliphatic carbocycles.